The summed E-state index contributed by atoms with van der Waals surface area (Å²) in [5.74, 6) is 0.465. The van der Waals surface area contributed by atoms with Crippen molar-refractivity contribution in [1.82, 2.24) is 20.3 Å². The van der Waals surface area contributed by atoms with Crippen LogP contribution in [0.25, 0.3) is 0 Å². The number of aromatic nitrogens is 2. The molecule has 2 aliphatic carbocycles. The molecule has 6 nitrogen and oxygen atoms in total. The molecule has 3 atom stereocenters. The second kappa shape index (κ2) is 9.12. The van der Waals surface area contributed by atoms with E-state index in [1.807, 2.05) is 12.1 Å². The lowest BCUT2D eigenvalue weighted by Gasteiger charge is -2.31. The number of hydrogen-bond donors (Lipinski definition) is 2. The van der Waals surface area contributed by atoms with E-state index >= 15 is 0 Å². The zero-order valence-corrected chi connectivity index (χ0v) is 20.0. The third-order valence-electron chi connectivity index (χ3n) is 7.38. The summed E-state index contributed by atoms with van der Waals surface area (Å²) in [4.78, 5) is 16.9. The van der Waals surface area contributed by atoms with Crippen molar-refractivity contribution in [3.05, 3.63) is 83.0 Å². The van der Waals surface area contributed by atoms with Crippen LogP contribution in [0.15, 0.2) is 71.5 Å². The van der Waals surface area contributed by atoms with E-state index in [0.717, 1.165) is 43.5 Å². The van der Waals surface area contributed by atoms with Crippen LogP contribution in [0.3, 0.4) is 0 Å². The molecule has 2 heterocycles. The summed E-state index contributed by atoms with van der Waals surface area (Å²) in [5, 5.41) is 5.31. The molecule has 0 saturated carbocycles. The third kappa shape index (κ3) is 4.04. The number of carbonyl (C=O) groups is 1. The highest BCUT2D eigenvalue weighted by Crippen LogP contribution is 2.49. The Labute approximate surface area is 200 Å². The SMILES string of the molecule is CCCC(C[C@H]1CCC2=C1[C@@H](C)C1=CNN(c3ccc(F)cc3)C1=C2)NC(=O)c1cncn1C. The van der Waals surface area contributed by atoms with Crippen molar-refractivity contribution in [2.24, 2.45) is 18.9 Å². The van der Waals surface area contributed by atoms with Gasteiger partial charge in [0.2, 0.25) is 0 Å². The van der Waals surface area contributed by atoms with Crippen LogP contribution in [0, 0.1) is 17.7 Å². The van der Waals surface area contributed by atoms with Crippen LogP contribution in [0.5, 0.6) is 0 Å². The van der Waals surface area contributed by atoms with Crippen molar-refractivity contribution in [3.63, 3.8) is 0 Å². The van der Waals surface area contributed by atoms with Gasteiger partial charge in [0, 0.05) is 30.8 Å². The highest BCUT2D eigenvalue weighted by Gasteiger charge is 2.38. The molecule has 0 bridgehead atoms. The first-order valence-electron chi connectivity index (χ1n) is 12.2. The molecule has 1 amide bonds. The Morgan fingerprint density at radius 2 is 2.12 bits per heavy atom. The molecule has 7 heteroatoms. The van der Waals surface area contributed by atoms with Crippen molar-refractivity contribution in [1.29, 1.82) is 0 Å². The van der Waals surface area contributed by atoms with E-state index in [1.165, 1.54) is 28.9 Å². The summed E-state index contributed by atoms with van der Waals surface area (Å²) < 4.78 is 15.2. The van der Waals surface area contributed by atoms with E-state index in [0.29, 0.717) is 17.5 Å². The van der Waals surface area contributed by atoms with E-state index in [4.69, 9.17) is 0 Å². The molecule has 178 valence electrons. The average Bonchev–Trinajstić information content (AvgIpc) is 3.54. The van der Waals surface area contributed by atoms with Gasteiger partial charge in [0.1, 0.15) is 11.5 Å². The number of fused-ring (bicyclic) bond motifs is 1. The van der Waals surface area contributed by atoms with Gasteiger partial charge < -0.3 is 15.3 Å². The summed E-state index contributed by atoms with van der Waals surface area (Å²) >= 11 is 0. The van der Waals surface area contributed by atoms with Gasteiger partial charge in [-0.2, -0.15) is 0 Å². The highest BCUT2D eigenvalue weighted by atomic mass is 19.1. The van der Waals surface area contributed by atoms with Crippen molar-refractivity contribution in [3.8, 4) is 0 Å². The van der Waals surface area contributed by atoms with Gasteiger partial charge >= 0.3 is 0 Å². The Bertz CT molecular complexity index is 1180. The number of hydrogen-bond acceptors (Lipinski definition) is 4. The van der Waals surface area contributed by atoms with Gasteiger partial charge in [0.25, 0.3) is 5.91 Å². The van der Waals surface area contributed by atoms with Crippen molar-refractivity contribution in [2.75, 3.05) is 5.01 Å². The van der Waals surface area contributed by atoms with Gasteiger partial charge in [-0.25, -0.2) is 9.37 Å². The molecule has 34 heavy (non-hydrogen) atoms. The number of aryl methyl sites for hydroxylation is 1. The Morgan fingerprint density at radius 3 is 2.82 bits per heavy atom. The minimum Gasteiger partial charge on any atom is -0.348 e. The molecule has 1 unspecified atom stereocenters. The lowest BCUT2D eigenvalue weighted by atomic mass is 9.78. The first-order chi connectivity index (χ1) is 16.5. The van der Waals surface area contributed by atoms with Gasteiger partial charge in [-0.1, -0.05) is 25.8 Å². The number of nitrogens with one attached hydrogen (secondary N) is 2. The average molecular weight is 462 g/mol. The Morgan fingerprint density at radius 1 is 1.32 bits per heavy atom. The molecule has 2 N–H and O–H groups in total. The van der Waals surface area contributed by atoms with Crippen LogP contribution in [0.4, 0.5) is 10.1 Å². The number of rotatable bonds is 7. The number of amides is 1. The fourth-order valence-corrected chi connectivity index (χ4v) is 5.74. The minimum absolute atomic E-state index is 0.0536. The number of nitrogens with zero attached hydrogens (tertiary/aromatic N) is 3. The molecule has 2 aromatic rings. The number of hydrazine groups is 1. The normalized spacial score (nSPS) is 22.1. The molecule has 1 aromatic carbocycles. The standard InChI is InChI=1S/C27H32FN5O/c1-4-5-21(31-27(34)25-15-29-16-32(25)3)12-18-6-7-19-13-24-23(17(2)26(18)19)14-30-33(24)22-10-8-20(28)9-11-22/h8-11,13-18,21,30H,4-7,12H2,1-3H3,(H,31,34)/t17-,18+,21?/m0/s1. The zero-order valence-electron chi connectivity index (χ0n) is 20.0. The first-order valence-corrected chi connectivity index (χ1v) is 12.2. The zero-order chi connectivity index (χ0) is 23.8. The lowest BCUT2D eigenvalue weighted by Crippen LogP contribution is -2.37. The van der Waals surface area contributed by atoms with Crippen molar-refractivity contribution >= 4 is 11.6 Å². The van der Waals surface area contributed by atoms with Crippen LogP contribution in [0.2, 0.25) is 0 Å². The molecular formula is C27H32FN5O. The number of allylic oxidation sites excluding steroid dienone is 4. The van der Waals surface area contributed by atoms with E-state index in [-0.39, 0.29) is 17.8 Å². The van der Waals surface area contributed by atoms with E-state index in [2.05, 4.69) is 41.9 Å². The van der Waals surface area contributed by atoms with Gasteiger partial charge in [-0.05, 0) is 67.5 Å². The van der Waals surface area contributed by atoms with Gasteiger partial charge in [0.05, 0.1) is 23.9 Å². The molecule has 0 radical (unpaired) electrons. The van der Waals surface area contributed by atoms with Crippen molar-refractivity contribution in [2.45, 2.75) is 52.0 Å². The molecule has 1 aliphatic heterocycles. The van der Waals surface area contributed by atoms with Gasteiger partial charge in [-0.15, -0.1) is 0 Å². The lowest BCUT2D eigenvalue weighted by molar-refractivity contribution is 0.0921. The van der Waals surface area contributed by atoms with Crippen molar-refractivity contribution < 1.29 is 9.18 Å². The minimum atomic E-state index is -0.233. The Kier molecular flexibility index (Phi) is 6.02. The Hall–Kier alpha value is -3.35. The predicted octanol–water partition coefficient (Wildman–Crippen LogP) is 5.00. The molecule has 5 rings (SSSR count). The maximum atomic E-state index is 13.4. The van der Waals surface area contributed by atoms with Crippen LogP contribution < -0.4 is 15.8 Å². The van der Waals surface area contributed by atoms with E-state index < -0.39 is 0 Å². The van der Waals surface area contributed by atoms with Gasteiger partial charge in [0.15, 0.2) is 0 Å². The number of carbonyl (C=O) groups excluding carboxylic acids is 1. The Balaban J connectivity index is 1.35. The number of anilines is 1. The fourth-order valence-electron chi connectivity index (χ4n) is 5.74. The number of halogens is 1. The van der Waals surface area contributed by atoms with E-state index in [9.17, 15) is 9.18 Å². The first kappa shape index (κ1) is 22.4. The van der Waals surface area contributed by atoms with Crippen LogP contribution >= 0.6 is 0 Å². The smallest absolute Gasteiger partial charge is 0.269 e. The largest absolute Gasteiger partial charge is 0.348 e. The maximum Gasteiger partial charge on any atom is 0.269 e. The molecule has 1 aromatic heterocycles. The second-order valence-electron chi connectivity index (χ2n) is 9.59. The number of benzene rings is 1. The number of imidazole rings is 1. The molecule has 0 fully saturated rings. The van der Waals surface area contributed by atoms with Crippen LogP contribution in [0.1, 0.15) is 56.4 Å². The molecule has 3 aliphatic rings. The summed E-state index contributed by atoms with van der Waals surface area (Å²) in [5.41, 5.74) is 10.2. The maximum absolute atomic E-state index is 13.4. The third-order valence-corrected chi connectivity index (χ3v) is 7.38. The summed E-state index contributed by atoms with van der Waals surface area (Å²) in [7, 11) is 1.84. The quantitative estimate of drug-likeness (QED) is 0.609. The van der Waals surface area contributed by atoms with E-state index in [1.54, 1.807) is 29.2 Å². The molecule has 0 spiro atoms. The predicted molar refractivity (Wildman–Crippen MR) is 131 cm³/mol. The topological polar surface area (TPSA) is 62.2 Å². The van der Waals surface area contributed by atoms with Crippen LogP contribution in [-0.2, 0) is 7.05 Å². The van der Waals surface area contributed by atoms with Crippen LogP contribution in [-0.4, -0.2) is 21.5 Å². The summed E-state index contributed by atoms with van der Waals surface area (Å²) in [6.45, 7) is 4.45. The monoisotopic (exact) mass is 461 g/mol. The van der Waals surface area contributed by atoms with Gasteiger partial charge in [-0.3, -0.25) is 9.80 Å². The summed E-state index contributed by atoms with van der Waals surface area (Å²) in [6, 6.07) is 6.71. The molecular weight excluding hydrogens is 429 g/mol. The fraction of sp³-hybridized carbons (Fsp3) is 0.407. The second-order valence-corrected chi connectivity index (χ2v) is 9.59. The highest BCUT2D eigenvalue weighted by molar-refractivity contribution is 5.92. The molecule has 0 saturated heterocycles. The summed E-state index contributed by atoms with van der Waals surface area (Å²) in [6.07, 6.45) is 12.7.